The fourth-order valence-electron chi connectivity index (χ4n) is 3.79. The lowest BCUT2D eigenvalue weighted by Crippen LogP contribution is -2.58. The quantitative estimate of drug-likeness (QED) is 0.715. The summed E-state index contributed by atoms with van der Waals surface area (Å²) in [6.45, 7) is 2.29. The molecule has 2 unspecified atom stereocenters. The molecule has 0 spiro atoms. The first kappa shape index (κ1) is 9.43. The van der Waals surface area contributed by atoms with Gasteiger partial charge in [0.25, 0.3) is 0 Å². The van der Waals surface area contributed by atoms with Crippen molar-refractivity contribution in [2.75, 3.05) is 0 Å². The summed E-state index contributed by atoms with van der Waals surface area (Å²) in [6, 6.07) is 8.60. The fraction of sp³-hybridized carbons (Fsp3) is 0.250. The Morgan fingerprint density at radius 1 is 1.12 bits per heavy atom. The van der Waals surface area contributed by atoms with Gasteiger partial charge in [-0.25, -0.2) is 0 Å². The molecule has 2 N–H and O–H groups in total. The lowest BCUT2D eigenvalue weighted by Gasteiger charge is -2.54. The van der Waals surface area contributed by atoms with Gasteiger partial charge in [0.1, 0.15) is 0 Å². The number of hydrogen-bond acceptors (Lipinski definition) is 1. The van der Waals surface area contributed by atoms with Gasteiger partial charge in [-0.1, -0.05) is 54.1 Å². The Bertz CT molecular complexity index is 620. The van der Waals surface area contributed by atoms with Crippen molar-refractivity contribution in [3.8, 4) is 0 Å². The summed E-state index contributed by atoms with van der Waals surface area (Å²) < 4.78 is 0. The van der Waals surface area contributed by atoms with Crippen molar-refractivity contribution in [3.63, 3.8) is 0 Å². The normalized spacial score (nSPS) is 36.4. The summed E-state index contributed by atoms with van der Waals surface area (Å²) >= 11 is 0. The van der Waals surface area contributed by atoms with Crippen LogP contribution in [0, 0.1) is 5.41 Å². The number of fused-ring (bicyclic) bond motifs is 3. The summed E-state index contributed by atoms with van der Waals surface area (Å²) in [4.78, 5) is 0. The maximum Gasteiger partial charge on any atom is 0.0587 e. The molecule has 3 aliphatic rings. The van der Waals surface area contributed by atoms with Crippen molar-refractivity contribution < 1.29 is 0 Å². The molecule has 0 heterocycles. The zero-order chi connectivity index (χ0) is 11.7. The third-order valence-corrected chi connectivity index (χ3v) is 4.91. The predicted molar refractivity (Wildman–Crippen MR) is 70.2 cm³/mol. The second-order valence-corrected chi connectivity index (χ2v) is 5.48. The van der Waals surface area contributed by atoms with Gasteiger partial charge in [0, 0.05) is 5.41 Å². The molecule has 1 fully saturated rings. The third-order valence-electron chi connectivity index (χ3n) is 4.91. The van der Waals surface area contributed by atoms with Crippen molar-refractivity contribution in [3.05, 3.63) is 65.3 Å². The Balaban J connectivity index is 2.12. The van der Waals surface area contributed by atoms with E-state index >= 15 is 0 Å². The van der Waals surface area contributed by atoms with Gasteiger partial charge in [0.15, 0.2) is 0 Å². The molecular formula is C16H15N. The van der Waals surface area contributed by atoms with Gasteiger partial charge < -0.3 is 5.73 Å². The molecule has 1 aromatic rings. The van der Waals surface area contributed by atoms with Crippen molar-refractivity contribution in [2.24, 2.45) is 11.1 Å². The standard InChI is InChI=1S/C16H15N/c1-15-11-6-2-4-8-13(15)12-7-3-5-9-14(12)16(15,17)10-11/h2-9H,10,17H2,1H3. The highest BCUT2D eigenvalue weighted by Gasteiger charge is 2.64. The van der Waals surface area contributed by atoms with Gasteiger partial charge >= 0.3 is 0 Å². The summed E-state index contributed by atoms with van der Waals surface area (Å²) in [5.41, 5.74) is 12.1. The first-order chi connectivity index (χ1) is 8.18. The van der Waals surface area contributed by atoms with Crippen LogP contribution < -0.4 is 5.73 Å². The van der Waals surface area contributed by atoms with Crippen LogP contribution in [0.1, 0.15) is 24.5 Å². The van der Waals surface area contributed by atoms with E-state index in [-0.39, 0.29) is 11.0 Å². The van der Waals surface area contributed by atoms with Crippen molar-refractivity contribution in [1.29, 1.82) is 0 Å². The van der Waals surface area contributed by atoms with E-state index in [2.05, 4.69) is 55.5 Å². The van der Waals surface area contributed by atoms with Crippen LogP contribution >= 0.6 is 0 Å². The van der Waals surface area contributed by atoms with E-state index in [1.54, 1.807) is 0 Å². The maximum atomic E-state index is 6.70. The number of hydrogen-bond donors (Lipinski definition) is 1. The summed E-state index contributed by atoms with van der Waals surface area (Å²) in [7, 11) is 0. The SMILES string of the molecule is CC12C3=CC=CC=C1c1ccccc1C2(N)C3. The van der Waals surface area contributed by atoms with Crippen molar-refractivity contribution >= 4 is 5.57 Å². The third kappa shape index (κ3) is 0.806. The van der Waals surface area contributed by atoms with Crippen LogP contribution in [0.4, 0.5) is 0 Å². The fourth-order valence-corrected chi connectivity index (χ4v) is 3.79. The first-order valence-corrected chi connectivity index (χ1v) is 6.15. The van der Waals surface area contributed by atoms with Gasteiger partial charge in [0.05, 0.1) is 5.54 Å². The largest absolute Gasteiger partial charge is 0.320 e. The molecule has 0 radical (unpaired) electrons. The number of benzene rings is 1. The lowest BCUT2D eigenvalue weighted by atomic mass is 9.52. The first-order valence-electron chi connectivity index (χ1n) is 6.15. The van der Waals surface area contributed by atoms with Gasteiger partial charge in [-0.3, -0.25) is 0 Å². The van der Waals surface area contributed by atoms with Crippen LogP contribution in [-0.2, 0) is 5.54 Å². The van der Waals surface area contributed by atoms with Gasteiger partial charge in [-0.2, -0.15) is 0 Å². The molecule has 1 heteroatoms. The van der Waals surface area contributed by atoms with Gasteiger partial charge in [0.2, 0.25) is 0 Å². The molecule has 4 rings (SSSR count). The van der Waals surface area contributed by atoms with Gasteiger partial charge in [-0.05, 0) is 30.0 Å². The summed E-state index contributed by atoms with van der Waals surface area (Å²) in [5, 5.41) is 0. The van der Waals surface area contributed by atoms with Crippen LogP contribution in [0.2, 0.25) is 0 Å². The average Bonchev–Trinajstić information content (AvgIpc) is 2.45. The highest BCUT2D eigenvalue weighted by Crippen LogP contribution is 2.70. The minimum Gasteiger partial charge on any atom is -0.320 e. The van der Waals surface area contributed by atoms with Crippen LogP contribution in [-0.4, -0.2) is 0 Å². The van der Waals surface area contributed by atoms with E-state index in [4.69, 9.17) is 5.73 Å². The molecule has 0 saturated heterocycles. The summed E-state index contributed by atoms with van der Waals surface area (Å²) in [6.07, 6.45) is 9.72. The number of nitrogens with two attached hydrogens (primary N) is 1. The molecule has 0 bridgehead atoms. The van der Waals surface area contributed by atoms with E-state index in [9.17, 15) is 0 Å². The molecule has 1 aromatic carbocycles. The highest BCUT2D eigenvalue weighted by atomic mass is 14.9. The number of rotatable bonds is 0. The highest BCUT2D eigenvalue weighted by molar-refractivity contribution is 5.87. The zero-order valence-corrected chi connectivity index (χ0v) is 9.90. The minimum atomic E-state index is -0.187. The zero-order valence-electron chi connectivity index (χ0n) is 9.90. The molecule has 3 aliphatic carbocycles. The monoisotopic (exact) mass is 221 g/mol. The number of allylic oxidation sites excluding steroid dienone is 4. The molecule has 2 atom stereocenters. The Kier molecular flexibility index (Phi) is 1.46. The Hall–Kier alpha value is -1.60. The minimum absolute atomic E-state index is 0.0141. The van der Waals surface area contributed by atoms with E-state index in [0.29, 0.717) is 0 Å². The second kappa shape index (κ2) is 2.62. The Morgan fingerprint density at radius 2 is 1.88 bits per heavy atom. The predicted octanol–water partition coefficient (Wildman–Crippen LogP) is 3.14. The average molecular weight is 221 g/mol. The molecule has 17 heavy (non-hydrogen) atoms. The van der Waals surface area contributed by atoms with Crippen LogP contribution in [0.25, 0.3) is 5.57 Å². The topological polar surface area (TPSA) is 26.0 Å². The Morgan fingerprint density at radius 3 is 2.76 bits per heavy atom. The smallest absolute Gasteiger partial charge is 0.0587 e. The molecule has 0 aliphatic heterocycles. The second-order valence-electron chi connectivity index (χ2n) is 5.48. The summed E-state index contributed by atoms with van der Waals surface area (Å²) in [5.74, 6) is 0. The van der Waals surface area contributed by atoms with Crippen LogP contribution in [0.15, 0.2) is 54.1 Å². The molecule has 0 amide bonds. The van der Waals surface area contributed by atoms with Gasteiger partial charge in [-0.15, -0.1) is 0 Å². The molecule has 1 nitrogen and oxygen atoms in total. The Labute approximate surface area is 101 Å². The van der Waals surface area contributed by atoms with Crippen LogP contribution in [0.5, 0.6) is 0 Å². The van der Waals surface area contributed by atoms with E-state index in [1.807, 2.05) is 0 Å². The van der Waals surface area contributed by atoms with Crippen LogP contribution in [0.3, 0.4) is 0 Å². The molecule has 84 valence electrons. The lowest BCUT2D eigenvalue weighted by molar-refractivity contribution is 0.176. The van der Waals surface area contributed by atoms with Crippen molar-refractivity contribution in [1.82, 2.24) is 0 Å². The van der Waals surface area contributed by atoms with E-state index < -0.39 is 0 Å². The maximum absolute atomic E-state index is 6.70. The molecular weight excluding hydrogens is 206 g/mol. The van der Waals surface area contributed by atoms with Crippen molar-refractivity contribution in [2.45, 2.75) is 18.9 Å². The molecule has 0 aromatic heterocycles. The van der Waals surface area contributed by atoms with E-state index in [1.165, 1.54) is 22.3 Å². The molecule has 1 saturated carbocycles. The van der Waals surface area contributed by atoms with E-state index in [0.717, 1.165) is 6.42 Å².